The molecule has 0 atom stereocenters. The Hall–Kier alpha value is -0.900. The lowest BCUT2D eigenvalue weighted by Gasteiger charge is -1.90. The fourth-order valence-corrected chi connectivity index (χ4v) is 0.711. The van der Waals surface area contributed by atoms with E-state index in [-0.39, 0.29) is 6.03 Å². The molecule has 0 saturated carbocycles. The number of urea groups is 1. The molecule has 0 radical (unpaired) electrons. The zero-order valence-electron chi connectivity index (χ0n) is 5.05. The Bertz CT molecular complexity index is 152. The molecule has 1 aliphatic rings. The molecule has 4 heteroatoms. The summed E-state index contributed by atoms with van der Waals surface area (Å²) in [4.78, 5) is 14.1. The maximum Gasteiger partial charge on any atom is 0.341 e. The molecule has 0 aromatic carbocycles. The van der Waals surface area contributed by atoms with Crippen LogP contribution in [0.25, 0.3) is 0 Å². The van der Waals surface area contributed by atoms with Crippen molar-refractivity contribution < 1.29 is 4.79 Å². The van der Waals surface area contributed by atoms with Gasteiger partial charge in [-0.2, -0.15) is 0 Å². The monoisotopic (exact) mass is 127 g/mol. The van der Waals surface area contributed by atoms with E-state index in [1.54, 1.807) is 0 Å². The molecule has 0 saturated heterocycles. The van der Waals surface area contributed by atoms with Gasteiger partial charge in [-0.25, -0.2) is 9.79 Å². The Morgan fingerprint density at radius 2 is 2.56 bits per heavy atom. The number of carbonyl (C=O) groups excluding carboxylic acids is 1. The van der Waals surface area contributed by atoms with Crippen molar-refractivity contribution in [3.8, 4) is 0 Å². The summed E-state index contributed by atoms with van der Waals surface area (Å²) in [6.07, 6.45) is 0.721. The van der Waals surface area contributed by atoms with Gasteiger partial charge in [0.25, 0.3) is 0 Å². The van der Waals surface area contributed by atoms with Gasteiger partial charge in [-0.05, 0) is 6.54 Å². The molecule has 9 heavy (non-hydrogen) atoms. The Morgan fingerprint density at radius 3 is 3.00 bits per heavy atom. The normalized spacial score (nSPS) is 17.4. The number of hydrogen-bond donors (Lipinski definition) is 2. The van der Waals surface area contributed by atoms with Crippen LogP contribution in [-0.4, -0.2) is 24.8 Å². The molecular weight excluding hydrogens is 118 g/mol. The van der Waals surface area contributed by atoms with Gasteiger partial charge in [0, 0.05) is 12.1 Å². The standard InChI is InChI=1S/C5H9N3O/c6-2-1-4-3-7-5(9)8-4/h1-3,6H2,(H,7,9). The third-order valence-corrected chi connectivity index (χ3v) is 1.14. The van der Waals surface area contributed by atoms with E-state index in [0.717, 1.165) is 12.1 Å². The maximum atomic E-state index is 10.4. The van der Waals surface area contributed by atoms with E-state index >= 15 is 0 Å². The molecule has 0 fully saturated rings. The second kappa shape index (κ2) is 2.59. The predicted molar refractivity (Wildman–Crippen MR) is 34.5 cm³/mol. The first kappa shape index (κ1) is 6.22. The third-order valence-electron chi connectivity index (χ3n) is 1.14. The first-order chi connectivity index (χ1) is 4.33. The Kier molecular flexibility index (Phi) is 1.79. The topological polar surface area (TPSA) is 67.5 Å². The van der Waals surface area contributed by atoms with E-state index in [1.807, 2.05) is 0 Å². The van der Waals surface area contributed by atoms with E-state index in [9.17, 15) is 4.79 Å². The highest BCUT2D eigenvalue weighted by Crippen LogP contribution is 1.92. The number of amides is 2. The first-order valence-electron chi connectivity index (χ1n) is 2.87. The van der Waals surface area contributed by atoms with Gasteiger partial charge in [0.1, 0.15) is 0 Å². The maximum absolute atomic E-state index is 10.4. The van der Waals surface area contributed by atoms with Gasteiger partial charge >= 0.3 is 6.03 Å². The fraction of sp³-hybridized carbons (Fsp3) is 0.600. The lowest BCUT2D eigenvalue weighted by molar-refractivity contribution is 0.252. The summed E-state index contributed by atoms with van der Waals surface area (Å²) in [7, 11) is 0. The van der Waals surface area contributed by atoms with Crippen molar-refractivity contribution >= 4 is 11.7 Å². The van der Waals surface area contributed by atoms with Gasteiger partial charge in [0.05, 0.1) is 6.54 Å². The first-order valence-corrected chi connectivity index (χ1v) is 2.87. The largest absolute Gasteiger partial charge is 0.341 e. The quantitative estimate of drug-likeness (QED) is 0.525. The molecule has 3 N–H and O–H groups in total. The average molecular weight is 127 g/mol. The van der Waals surface area contributed by atoms with Crippen LogP contribution in [0.15, 0.2) is 4.99 Å². The Labute approximate surface area is 53.1 Å². The van der Waals surface area contributed by atoms with Gasteiger partial charge in [-0.15, -0.1) is 0 Å². The van der Waals surface area contributed by atoms with Crippen molar-refractivity contribution in [1.29, 1.82) is 0 Å². The minimum absolute atomic E-state index is 0.238. The molecule has 1 aliphatic heterocycles. The molecule has 0 spiro atoms. The Balaban J connectivity index is 2.42. The van der Waals surface area contributed by atoms with Crippen molar-refractivity contribution in [2.75, 3.05) is 13.1 Å². The lowest BCUT2D eigenvalue weighted by Crippen LogP contribution is -2.18. The summed E-state index contributed by atoms with van der Waals surface area (Å²) in [5.41, 5.74) is 6.10. The van der Waals surface area contributed by atoms with Crippen LogP contribution in [-0.2, 0) is 0 Å². The fourth-order valence-electron chi connectivity index (χ4n) is 0.711. The second-order valence-corrected chi connectivity index (χ2v) is 1.88. The van der Waals surface area contributed by atoms with Crippen molar-refractivity contribution in [3.63, 3.8) is 0 Å². The minimum atomic E-state index is -0.238. The molecule has 0 unspecified atom stereocenters. The highest BCUT2D eigenvalue weighted by molar-refractivity contribution is 6.02. The SMILES string of the molecule is NCCC1=NC(=O)NC1. The van der Waals surface area contributed by atoms with Crippen LogP contribution in [0.1, 0.15) is 6.42 Å². The van der Waals surface area contributed by atoms with E-state index < -0.39 is 0 Å². The zero-order valence-corrected chi connectivity index (χ0v) is 5.05. The van der Waals surface area contributed by atoms with Gasteiger partial charge in [-0.1, -0.05) is 0 Å². The number of nitrogens with zero attached hydrogens (tertiary/aromatic N) is 1. The number of nitrogens with one attached hydrogen (secondary N) is 1. The number of hydrogen-bond acceptors (Lipinski definition) is 2. The van der Waals surface area contributed by atoms with Crippen LogP contribution in [0.4, 0.5) is 4.79 Å². The second-order valence-electron chi connectivity index (χ2n) is 1.88. The smallest absolute Gasteiger partial charge is 0.331 e. The van der Waals surface area contributed by atoms with Crippen molar-refractivity contribution in [3.05, 3.63) is 0 Å². The predicted octanol–water partition coefficient (Wildman–Crippen LogP) is -0.501. The van der Waals surface area contributed by atoms with Crippen molar-refractivity contribution in [1.82, 2.24) is 5.32 Å². The lowest BCUT2D eigenvalue weighted by atomic mass is 10.3. The van der Waals surface area contributed by atoms with Crippen LogP contribution in [0.3, 0.4) is 0 Å². The number of nitrogens with two attached hydrogens (primary N) is 1. The summed E-state index contributed by atoms with van der Waals surface area (Å²) in [6.45, 7) is 1.14. The summed E-state index contributed by atoms with van der Waals surface area (Å²) >= 11 is 0. The zero-order chi connectivity index (χ0) is 6.69. The summed E-state index contributed by atoms with van der Waals surface area (Å²) in [5, 5.41) is 2.56. The number of rotatable bonds is 2. The molecule has 4 nitrogen and oxygen atoms in total. The molecule has 1 rings (SSSR count). The van der Waals surface area contributed by atoms with Gasteiger partial charge in [-0.3, -0.25) is 0 Å². The number of aliphatic imine (C=N–C) groups is 1. The van der Waals surface area contributed by atoms with E-state index in [4.69, 9.17) is 5.73 Å². The van der Waals surface area contributed by atoms with E-state index in [1.165, 1.54) is 0 Å². The summed E-state index contributed by atoms with van der Waals surface area (Å²) in [6, 6.07) is -0.238. The summed E-state index contributed by atoms with van der Waals surface area (Å²) < 4.78 is 0. The molecule has 0 aromatic heterocycles. The molecule has 1 heterocycles. The van der Waals surface area contributed by atoms with Crippen molar-refractivity contribution in [2.24, 2.45) is 10.7 Å². The molecule has 2 amide bonds. The van der Waals surface area contributed by atoms with Crippen LogP contribution >= 0.6 is 0 Å². The van der Waals surface area contributed by atoms with Crippen LogP contribution in [0.2, 0.25) is 0 Å². The Morgan fingerprint density at radius 1 is 1.78 bits per heavy atom. The van der Waals surface area contributed by atoms with E-state index in [0.29, 0.717) is 13.1 Å². The van der Waals surface area contributed by atoms with Crippen LogP contribution in [0.5, 0.6) is 0 Å². The van der Waals surface area contributed by atoms with Gasteiger partial charge in [0.15, 0.2) is 0 Å². The molecule has 50 valence electrons. The van der Waals surface area contributed by atoms with Crippen LogP contribution < -0.4 is 11.1 Å². The third kappa shape index (κ3) is 1.50. The van der Waals surface area contributed by atoms with Gasteiger partial charge in [0.2, 0.25) is 0 Å². The molecular formula is C5H9N3O. The molecule has 0 aromatic rings. The van der Waals surface area contributed by atoms with Crippen molar-refractivity contribution in [2.45, 2.75) is 6.42 Å². The van der Waals surface area contributed by atoms with Gasteiger partial charge < -0.3 is 11.1 Å². The number of carbonyl (C=O) groups is 1. The summed E-state index contributed by atoms with van der Waals surface area (Å²) in [5.74, 6) is 0. The minimum Gasteiger partial charge on any atom is -0.331 e. The van der Waals surface area contributed by atoms with E-state index in [2.05, 4.69) is 10.3 Å². The van der Waals surface area contributed by atoms with Crippen LogP contribution in [0, 0.1) is 0 Å². The molecule has 0 aliphatic carbocycles. The highest BCUT2D eigenvalue weighted by atomic mass is 16.2. The highest BCUT2D eigenvalue weighted by Gasteiger charge is 2.10. The molecule has 0 bridgehead atoms. The average Bonchev–Trinajstić information content (AvgIpc) is 2.17.